The number of aryl methyl sites for hydroxylation is 1. The number of aliphatic carboxylic acids is 1. The van der Waals surface area contributed by atoms with Crippen LogP contribution < -0.4 is 5.11 Å². The molecular weight excluding hydrogens is 227 g/mol. The summed E-state index contributed by atoms with van der Waals surface area (Å²) in [4.78, 5) is 14.1. The third-order valence-electron chi connectivity index (χ3n) is 2.13. The Balaban J connectivity index is 2.18. The molecule has 1 heterocycles. The van der Waals surface area contributed by atoms with Crippen molar-refractivity contribution in [1.82, 2.24) is 10.1 Å². The molecule has 1 aromatic carbocycles. The van der Waals surface area contributed by atoms with Crippen LogP contribution in [0.1, 0.15) is 12.3 Å². The van der Waals surface area contributed by atoms with E-state index in [1.807, 2.05) is 0 Å². The Morgan fingerprint density at radius 1 is 1.41 bits per heavy atom. The summed E-state index contributed by atoms with van der Waals surface area (Å²) in [6.45, 7) is 0. The maximum atomic E-state index is 13.4. The summed E-state index contributed by atoms with van der Waals surface area (Å²) in [7, 11) is 0. The van der Waals surface area contributed by atoms with Crippen LogP contribution >= 0.6 is 0 Å². The zero-order valence-corrected chi connectivity index (χ0v) is 8.72. The second kappa shape index (κ2) is 4.73. The average molecular weight is 235 g/mol. The molecule has 0 atom stereocenters. The van der Waals surface area contributed by atoms with E-state index in [1.165, 1.54) is 12.1 Å². The van der Waals surface area contributed by atoms with Crippen molar-refractivity contribution in [2.45, 2.75) is 12.8 Å². The van der Waals surface area contributed by atoms with Gasteiger partial charge in [-0.25, -0.2) is 4.39 Å². The van der Waals surface area contributed by atoms with E-state index >= 15 is 0 Å². The standard InChI is InChI=1S/C11H9FN2O3/c12-8-4-2-1-3-7(8)11-13-9(17-14-11)5-6-10(15)16/h1-4H,5-6H2,(H,15,16)/p-1. The van der Waals surface area contributed by atoms with Gasteiger partial charge in [0.2, 0.25) is 11.7 Å². The molecule has 0 N–H and O–H groups in total. The Hall–Kier alpha value is -2.24. The van der Waals surface area contributed by atoms with Crippen molar-refractivity contribution in [2.24, 2.45) is 0 Å². The number of carboxylic acids is 1. The Labute approximate surface area is 95.9 Å². The Kier molecular flexibility index (Phi) is 3.13. The largest absolute Gasteiger partial charge is 0.550 e. The molecule has 0 amide bonds. The summed E-state index contributed by atoms with van der Waals surface area (Å²) in [5.74, 6) is -1.40. The number of aromatic nitrogens is 2. The highest BCUT2D eigenvalue weighted by molar-refractivity contribution is 5.64. The van der Waals surface area contributed by atoms with Crippen molar-refractivity contribution in [3.63, 3.8) is 0 Å². The molecule has 0 radical (unpaired) electrons. The van der Waals surface area contributed by atoms with Gasteiger partial charge in [-0.3, -0.25) is 0 Å². The normalized spacial score (nSPS) is 10.4. The van der Waals surface area contributed by atoms with Crippen LogP contribution in [0.15, 0.2) is 28.8 Å². The molecule has 88 valence electrons. The second-order valence-corrected chi connectivity index (χ2v) is 3.36. The van der Waals surface area contributed by atoms with Crippen molar-refractivity contribution in [3.05, 3.63) is 36.0 Å². The number of rotatable bonds is 4. The fraction of sp³-hybridized carbons (Fsp3) is 0.182. The number of carbonyl (C=O) groups is 1. The van der Waals surface area contributed by atoms with Crippen LogP contribution in [0, 0.1) is 5.82 Å². The second-order valence-electron chi connectivity index (χ2n) is 3.36. The van der Waals surface area contributed by atoms with E-state index in [0.717, 1.165) is 0 Å². The number of hydrogen-bond acceptors (Lipinski definition) is 5. The first kappa shape index (κ1) is 11.3. The summed E-state index contributed by atoms with van der Waals surface area (Å²) in [5.41, 5.74) is 0.218. The van der Waals surface area contributed by atoms with Crippen LogP contribution in [0.25, 0.3) is 11.4 Å². The van der Waals surface area contributed by atoms with Gasteiger partial charge < -0.3 is 14.4 Å². The molecule has 17 heavy (non-hydrogen) atoms. The number of nitrogens with zero attached hydrogens (tertiary/aromatic N) is 2. The first-order chi connectivity index (χ1) is 8.16. The first-order valence-electron chi connectivity index (χ1n) is 4.94. The number of benzene rings is 1. The number of halogens is 1. The molecule has 0 bridgehead atoms. The summed E-state index contributed by atoms with van der Waals surface area (Å²) >= 11 is 0. The molecule has 0 saturated carbocycles. The van der Waals surface area contributed by atoms with E-state index in [-0.39, 0.29) is 30.1 Å². The van der Waals surface area contributed by atoms with Gasteiger partial charge in [0.05, 0.1) is 5.56 Å². The van der Waals surface area contributed by atoms with Crippen LogP contribution in [-0.4, -0.2) is 16.1 Å². The number of carbonyl (C=O) groups excluding carboxylic acids is 1. The third kappa shape index (κ3) is 2.66. The van der Waals surface area contributed by atoms with Crippen molar-refractivity contribution in [1.29, 1.82) is 0 Å². The van der Waals surface area contributed by atoms with Gasteiger partial charge >= 0.3 is 0 Å². The zero-order valence-electron chi connectivity index (χ0n) is 8.72. The molecule has 0 unspecified atom stereocenters. The lowest BCUT2D eigenvalue weighted by molar-refractivity contribution is -0.305. The van der Waals surface area contributed by atoms with Crippen molar-refractivity contribution >= 4 is 5.97 Å². The molecule has 0 aliphatic carbocycles. The molecule has 0 spiro atoms. The third-order valence-corrected chi connectivity index (χ3v) is 2.13. The van der Waals surface area contributed by atoms with Crippen molar-refractivity contribution in [2.75, 3.05) is 0 Å². The summed E-state index contributed by atoms with van der Waals surface area (Å²) in [5, 5.41) is 13.8. The predicted molar refractivity (Wildman–Crippen MR) is 53.0 cm³/mol. The maximum absolute atomic E-state index is 13.4. The van der Waals surface area contributed by atoms with E-state index in [0.29, 0.717) is 0 Å². The monoisotopic (exact) mass is 235 g/mol. The average Bonchev–Trinajstić information content (AvgIpc) is 2.75. The summed E-state index contributed by atoms with van der Waals surface area (Å²) in [6, 6.07) is 6.00. The van der Waals surface area contributed by atoms with E-state index in [4.69, 9.17) is 4.52 Å². The fourth-order valence-electron chi connectivity index (χ4n) is 1.32. The van der Waals surface area contributed by atoms with Crippen molar-refractivity contribution in [3.8, 4) is 11.4 Å². The van der Waals surface area contributed by atoms with Gasteiger partial charge in [0.1, 0.15) is 5.82 Å². The summed E-state index contributed by atoms with van der Waals surface area (Å²) in [6.07, 6.45) is -0.136. The van der Waals surface area contributed by atoms with Gasteiger partial charge in [0.25, 0.3) is 0 Å². The fourth-order valence-corrected chi connectivity index (χ4v) is 1.32. The molecule has 0 aliphatic rings. The molecule has 2 aromatic rings. The molecular formula is C11H8FN2O3-. The van der Waals surface area contributed by atoms with Gasteiger partial charge in [0.15, 0.2) is 0 Å². The minimum atomic E-state index is -1.20. The quantitative estimate of drug-likeness (QED) is 0.773. The highest BCUT2D eigenvalue weighted by Crippen LogP contribution is 2.19. The highest BCUT2D eigenvalue weighted by atomic mass is 19.1. The van der Waals surface area contributed by atoms with Crippen LogP contribution in [0.3, 0.4) is 0 Å². The number of hydrogen-bond donors (Lipinski definition) is 0. The molecule has 6 heteroatoms. The minimum Gasteiger partial charge on any atom is -0.550 e. The van der Waals surface area contributed by atoms with E-state index < -0.39 is 11.8 Å². The highest BCUT2D eigenvalue weighted by Gasteiger charge is 2.11. The van der Waals surface area contributed by atoms with Gasteiger partial charge in [-0.1, -0.05) is 17.3 Å². The summed E-state index contributed by atoms with van der Waals surface area (Å²) < 4.78 is 18.2. The lowest BCUT2D eigenvalue weighted by Crippen LogP contribution is -2.22. The smallest absolute Gasteiger partial charge is 0.227 e. The molecule has 1 aromatic heterocycles. The Morgan fingerprint density at radius 2 is 2.18 bits per heavy atom. The zero-order chi connectivity index (χ0) is 12.3. The van der Waals surface area contributed by atoms with Gasteiger partial charge in [-0.2, -0.15) is 4.98 Å². The lowest BCUT2D eigenvalue weighted by Gasteiger charge is -1.96. The van der Waals surface area contributed by atoms with E-state index in [9.17, 15) is 14.3 Å². The van der Waals surface area contributed by atoms with Crippen LogP contribution in [-0.2, 0) is 11.2 Å². The SMILES string of the molecule is O=C([O-])CCc1nc(-c2ccccc2F)no1. The topological polar surface area (TPSA) is 79.0 Å². The van der Waals surface area contributed by atoms with E-state index in [1.54, 1.807) is 12.1 Å². The van der Waals surface area contributed by atoms with Crippen molar-refractivity contribution < 1.29 is 18.8 Å². The predicted octanol–water partition coefficient (Wildman–Crippen LogP) is 0.558. The molecule has 5 nitrogen and oxygen atoms in total. The molecule has 2 rings (SSSR count). The Morgan fingerprint density at radius 3 is 2.88 bits per heavy atom. The van der Waals surface area contributed by atoms with Crippen LogP contribution in [0.5, 0.6) is 0 Å². The maximum Gasteiger partial charge on any atom is 0.227 e. The van der Waals surface area contributed by atoms with Gasteiger partial charge in [0, 0.05) is 12.4 Å². The number of carboxylic acid groups (broad SMARTS) is 1. The molecule has 0 fully saturated rings. The van der Waals surface area contributed by atoms with Gasteiger partial charge in [-0.15, -0.1) is 0 Å². The molecule has 0 aliphatic heterocycles. The Bertz CT molecular complexity index is 539. The minimum absolute atomic E-state index is 0.0732. The van der Waals surface area contributed by atoms with Crippen LogP contribution in [0.4, 0.5) is 4.39 Å². The van der Waals surface area contributed by atoms with Gasteiger partial charge in [-0.05, 0) is 18.6 Å². The molecule has 0 saturated heterocycles. The van der Waals surface area contributed by atoms with E-state index in [2.05, 4.69) is 10.1 Å². The first-order valence-corrected chi connectivity index (χ1v) is 4.94. The van der Waals surface area contributed by atoms with Crippen LogP contribution in [0.2, 0.25) is 0 Å². The lowest BCUT2D eigenvalue weighted by atomic mass is 10.2.